The van der Waals surface area contributed by atoms with Crippen LogP contribution in [0.4, 0.5) is 13.2 Å². The van der Waals surface area contributed by atoms with Crippen molar-refractivity contribution in [3.63, 3.8) is 0 Å². The molecule has 1 aromatic carbocycles. The summed E-state index contributed by atoms with van der Waals surface area (Å²) in [7, 11) is -7.25. The number of nitrogens with one attached hydrogen (secondary N) is 1. The lowest BCUT2D eigenvalue weighted by atomic mass is 9.84. The Morgan fingerprint density at radius 2 is 1.57 bits per heavy atom. The van der Waals surface area contributed by atoms with Gasteiger partial charge in [0, 0.05) is 38.8 Å². The number of rotatable bonds is 8. The number of hydrogen-bond donors (Lipinski definition) is 2. The highest BCUT2D eigenvalue weighted by Gasteiger charge is 2.38. The molecule has 1 saturated heterocycles. The molecule has 2 aliphatic rings. The summed E-state index contributed by atoms with van der Waals surface area (Å²) in [4.78, 5) is 9.13. The maximum absolute atomic E-state index is 13.3. The second kappa shape index (κ2) is 13.4. The van der Waals surface area contributed by atoms with Crippen molar-refractivity contribution in [2.24, 2.45) is 0 Å². The van der Waals surface area contributed by atoms with E-state index in [4.69, 9.17) is 9.90 Å². The molecule has 0 amide bonds. The van der Waals surface area contributed by atoms with Crippen LogP contribution in [0.3, 0.4) is 0 Å². The fourth-order valence-electron chi connectivity index (χ4n) is 4.40. The number of carboxylic acid groups (broad SMARTS) is 1. The van der Waals surface area contributed by atoms with E-state index in [1.54, 1.807) is 26.0 Å². The lowest BCUT2D eigenvalue weighted by molar-refractivity contribution is -0.192. The first-order chi connectivity index (χ1) is 17.2. The van der Waals surface area contributed by atoms with Gasteiger partial charge < -0.3 is 10.4 Å². The molecule has 1 aromatic rings. The highest BCUT2D eigenvalue weighted by Crippen LogP contribution is 2.33. The number of carboxylic acids is 1. The zero-order chi connectivity index (χ0) is 27.9. The van der Waals surface area contributed by atoms with Crippen molar-refractivity contribution >= 4 is 26.0 Å². The monoisotopic (exact) mass is 571 g/mol. The largest absolute Gasteiger partial charge is 0.490 e. The number of sulfonamides is 2. The second-order valence-electron chi connectivity index (χ2n) is 9.38. The van der Waals surface area contributed by atoms with Crippen molar-refractivity contribution in [2.75, 3.05) is 38.5 Å². The van der Waals surface area contributed by atoms with Crippen molar-refractivity contribution in [3.8, 4) is 0 Å². The molecular weight excluding hydrogens is 535 g/mol. The minimum atomic E-state index is -5.08. The molecule has 14 heteroatoms. The van der Waals surface area contributed by atoms with Gasteiger partial charge >= 0.3 is 12.1 Å². The SMILES string of the molecule is CC(C)N(CCS(=O)(=O)N1CCNCC1)S(=O)(=O)c1ccc(C2CCCCC2)cc1.O=C(O)C(F)(F)F. The highest BCUT2D eigenvalue weighted by molar-refractivity contribution is 7.90. The Kier molecular flexibility index (Phi) is 11.4. The van der Waals surface area contributed by atoms with Crippen LogP contribution >= 0.6 is 0 Å². The standard InChI is InChI=1S/C21H35N3O4S2.C2HF3O2/c1-18(2)24(16-17-29(25,26)23-14-12-22-13-15-23)30(27,28)21-10-8-20(9-11-21)19-6-4-3-5-7-19;3-2(4,5)1(6)7/h8-11,18-19,22H,3-7,12-17H2,1-2H3;(H,6,7). The van der Waals surface area contributed by atoms with Gasteiger partial charge in [0.2, 0.25) is 20.0 Å². The van der Waals surface area contributed by atoms with Gasteiger partial charge in [-0.2, -0.15) is 21.8 Å². The Morgan fingerprint density at radius 3 is 2.03 bits per heavy atom. The Labute approximate surface area is 217 Å². The van der Waals surface area contributed by atoms with E-state index in [1.807, 2.05) is 12.1 Å². The molecule has 0 bridgehead atoms. The normalized spacial score (nSPS) is 18.5. The van der Waals surface area contributed by atoms with Crippen LogP contribution in [-0.4, -0.2) is 87.2 Å². The minimum absolute atomic E-state index is 0.0450. The number of carbonyl (C=O) groups is 1. The fraction of sp³-hybridized carbons (Fsp3) is 0.696. The third-order valence-corrected chi connectivity index (χ3v) is 10.4. The molecule has 1 aliphatic heterocycles. The van der Waals surface area contributed by atoms with E-state index < -0.39 is 32.2 Å². The van der Waals surface area contributed by atoms with Gasteiger partial charge in [0.25, 0.3) is 0 Å². The quantitative estimate of drug-likeness (QED) is 0.492. The van der Waals surface area contributed by atoms with Crippen LogP contribution in [0, 0.1) is 0 Å². The van der Waals surface area contributed by atoms with Crippen molar-refractivity contribution in [3.05, 3.63) is 29.8 Å². The molecule has 9 nitrogen and oxygen atoms in total. The van der Waals surface area contributed by atoms with Gasteiger partial charge in [-0.25, -0.2) is 21.6 Å². The molecule has 1 aliphatic carbocycles. The molecule has 2 fully saturated rings. The lowest BCUT2D eigenvalue weighted by Gasteiger charge is -2.29. The predicted molar refractivity (Wildman–Crippen MR) is 133 cm³/mol. The molecular formula is C23H36F3N3O6S2. The number of alkyl halides is 3. The Hall–Kier alpha value is -1.74. The number of piperazine rings is 1. The van der Waals surface area contributed by atoms with Gasteiger partial charge in [0.05, 0.1) is 10.6 Å². The maximum Gasteiger partial charge on any atom is 0.490 e. The maximum atomic E-state index is 13.3. The van der Waals surface area contributed by atoms with Crippen LogP contribution in [0.1, 0.15) is 57.4 Å². The van der Waals surface area contributed by atoms with Crippen molar-refractivity contribution in [1.82, 2.24) is 13.9 Å². The molecule has 0 atom stereocenters. The average Bonchev–Trinajstić information content (AvgIpc) is 2.84. The summed E-state index contributed by atoms with van der Waals surface area (Å²) >= 11 is 0. The van der Waals surface area contributed by atoms with Gasteiger partial charge in [-0.3, -0.25) is 0 Å². The summed E-state index contributed by atoms with van der Waals surface area (Å²) in [6, 6.07) is 6.89. The van der Waals surface area contributed by atoms with E-state index in [9.17, 15) is 30.0 Å². The van der Waals surface area contributed by atoms with E-state index in [0.717, 1.165) is 12.8 Å². The third kappa shape index (κ3) is 9.20. The average molecular weight is 572 g/mol. The molecule has 1 heterocycles. The molecule has 0 spiro atoms. The zero-order valence-electron chi connectivity index (χ0n) is 21.1. The summed E-state index contributed by atoms with van der Waals surface area (Å²) in [5.41, 5.74) is 1.20. The number of aliphatic carboxylic acids is 1. The summed E-state index contributed by atoms with van der Waals surface area (Å²) in [5.74, 6) is -2.45. The molecule has 3 rings (SSSR count). The predicted octanol–water partition coefficient (Wildman–Crippen LogP) is 3.00. The van der Waals surface area contributed by atoms with E-state index in [1.165, 1.54) is 33.4 Å². The van der Waals surface area contributed by atoms with Crippen molar-refractivity contribution < 1.29 is 39.9 Å². The lowest BCUT2D eigenvalue weighted by Crippen LogP contribution is -2.49. The first kappa shape index (κ1) is 31.5. The van der Waals surface area contributed by atoms with E-state index in [0.29, 0.717) is 32.1 Å². The minimum Gasteiger partial charge on any atom is -0.475 e. The van der Waals surface area contributed by atoms with Gasteiger partial charge in [0.15, 0.2) is 0 Å². The van der Waals surface area contributed by atoms with Gasteiger partial charge in [-0.05, 0) is 50.3 Å². The van der Waals surface area contributed by atoms with Crippen LogP contribution in [0.25, 0.3) is 0 Å². The fourth-order valence-corrected chi connectivity index (χ4v) is 7.57. The number of nitrogens with zero attached hydrogens (tertiary/aromatic N) is 2. The molecule has 2 N–H and O–H groups in total. The van der Waals surface area contributed by atoms with Crippen molar-refractivity contribution in [1.29, 1.82) is 0 Å². The second-order valence-corrected chi connectivity index (χ2v) is 13.4. The Balaban J connectivity index is 0.000000604. The number of hydrogen-bond acceptors (Lipinski definition) is 6. The molecule has 212 valence electrons. The smallest absolute Gasteiger partial charge is 0.475 e. The van der Waals surface area contributed by atoms with E-state index >= 15 is 0 Å². The summed E-state index contributed by atoms with van der Waals surface area (Å²) in [5, 5.41) is 10.3. The number of halogens is 3. The van der Waals surface area contributed by atoms with Gasteiger partial charge in [-0.15, -0.1) is 0 Å². The molecule has 37 heavy (non-hydrogen) atoms. The Morgan fingerprint density at radius 1 is 1.05 bits per heavy atom. The van der Waals surface area contributed by atoms with Crippen LogP contribution in [0.5, 0.6) is 0 Å². The molecule has 1 saturated carbocycles. The van der Waals surface area contributed by atoms with Crippen LogP contribution in [-0.2, 0) is 24.8 Å². The molecule has 0 unspecified atom stereocenters. The Bertz CT molecular complexity index is 1080. The first-order valence-electron chi connectivity index (χ1n) is 12.3. The van der Waals surface area contributed by atoms with Gasteiger partial charge in [-0.1, -0.05) is 31.4 Å². The number of benzene rings is 1. The topological polar surface area (TPSA) is 124 Å². The van der Waals surface area contributed by atoms with Gasteiger partial charge in [0.1, 0.15) is 0 Å². The third-order valence-electron chi connectivity index (χ3n) is 6.42. The van der Waals surface area contributed by atoms with E-state index in [-0.39, 0.29) is 23.2 Å². The summed E-state index contributed by atoms with van der Waals surface area (Å²) in [6.45, 7) is 5.63. The molecule has 0 aromatic heterocycles. The summed E-state index contributed by atoms with van der Waals surface area (Å²) in [6.07, 6.45) is 0.978. The summed E-state index contributed by atoms with van der Waals surface area (Å²) < 4.78 is 86.4. The van der Waals surface area contributed by atoms with Crippen LogP contribution in [0.15, 0.2) is 29.2 Å². The zero-order valence-corrected chi connectivity index (χ0v) is 22.7. The highest BCUT2D eigenvalue weighted by atomic mass is 32.2. The molecule has 0 radical (unpaired) electrons. The van der Waals surface area contributed by atoms with Crippen LogP contribution in [0.2, 0.25) is 0 Å². The van der Waals surface area contributed by atoms with Crippen molar-refractivity contribution in [2.45, 2.75) is 69.0 Å². The first-order valence-corrected chi connectivity index (χ1v) is 15.3. The van der Waals surface area contributed by atoms with E-state index in [2.05, 4.69) is 5.32 Å². The van der Waals surface area contributed by atoms with Crippen LogP contribution < -0.4 is 5.32 Å².